The van der Waals surface area contributed by atoms with Crippen LogP contribution in [0.15, 0.2) is 35.4 Å². The molecular weight excluding hydrogens is 270 g/mol. The predicted molar refractivity (Wildman–Crippen MR) is 80.6 cm³/mol. The van der Waals surface area contributed by atoms with E-state index in [0.29, 0.717) is 6.42 Å². The minimum atomic E-state index is 0.203. The molecule has 4 nitrogen and oxygen atoms in total. The average Bonchev–Trinajstić information content (AvgIpc) is 3.00. The van der Waals surface area contributed by atoms with Crippen molar-refractivity contribution in [3.05, 3.63) is 46.7 Å². The van der Waals surface area contributed by atoms with E-state index < -0.39 is 0 Å². The van der Waals surface area contributed by atoms with Crippen LogP contribution in [0, 0.1) is 0 Å². The zero-order valence-electron chi connectivity index (χ0n) is 11.7. The van der Waals surface area contributed by atoms with Crippen LogP contribution >= 0.6 is 11.3 Å². The van der Waals surface area contributed by atoms with E-state index in [1.807, 2.05) is 29.3 Å². The summed E-state index contributed by atoms with van der Waals surface area (Å²) in [6, 6.07) is 3.99. The molecule has 0 fully saturated rings. The standard InChI is InChI=1S/C15H19N3OS/c1-2-18(10-7-13-5-8-16-9-6-13)15(19)4-3-14-11-20-12-17-14/h5-6,8-9,11-12H,2-4,7,10H2,1H3. The molecule has 0 spiro atoms. The lowest BCUT2D eigenvalue weighted by atomic mass is 10.2. The van der Waals surface area contributed by atoms with Crippen LogP contribution in [0.2, 0.25) is 0 Å². The number of nitrogens with zero attached hydrogens (tertiary/aromatic N) is 3. The second kappa shape index (κ2) is 7.75. The smallest absolute Gasteiger partial charge is 0.222 e. The minimum absolute atomic E-state index is 0.203. The number of carbonyl (C=O) groups excluding carboxylic acids is 1. The lowest BCUT2D eigenvalue weighted by Gasteiger charge is -2.20. The Hall–Kier alpha value is -1.75. The first-order valence-corrected chi connectivity index (χ1v) is 7.77. The van der Waals surface area contributed by atoms with Gasteiger partial charge in [-0.1, -0.05) is 0 Å². The van der Waals surface area contributed by atoms with Crippen LogP contribution in [0.4, 0.5) is 0 Å². The Morgan fingerprint density at radius 2 is 2.10 bits per heavy atom. The lowest BCUT2D eigenvalue weighted by molar-refractivity contribution is -0.130. The van der Waals surface area contributed by atoms with Crippen LogP contribution in [0.1, 0.15) is 24.6 Å². The van der Waals surface area contributed by atoms with Gasteiger partial charge in [0.1, 0.15) is 0 Å². The molecule has 5 heteroatoms. The van der Waals surface area contributed by atoms with Gasteiger partial charge in [-0.15, -0.1) is 11.3 Å². The third-order valence-electron chi connectivity index (χ3n) is 3.23. The molecule has 0 aliphatic carbocycles. The normalized spacial score (nSPS) is 10.4. The molecule has 0 aromatic carbocycles. The van der Waals surface area contributed by atoms with Crippen molar-refractivity contribution in [3.8, 4) is 0 Å². The third-order valence-corrected chi connectivity index (χ3v) is 3.87. The zero-order chi connectivity index (χ0) is 14.2. The summed E-state index contributed by atoms with van der Waals surface area (Å²) in [6.45, 7) is 3.53. The summed E-state index contributed by atoms with van der Waals surface area (Å²) in [4.78, 5) is 22.3. The summed E-state index contributed by atoms with van der Waals surface area (Å²) in [7, 11) is 0. The summed E-state index contributed by atoms with van der Waals surface area (Å²) in [5, 5.41) is 2.00. The third kappa shape index (κ3) is 4.42. The van der Waals surface area contributed by atoms with Crippen molar-refractivity contribution in [1.82, 2.24) is 14.9 Å². The summed E-state index contributed by atoms with van der Waals surface area (Å²) in [5.74, 6) is 0.203. The molecule has 0 aliphatic heterocycles. The fourth-order valence-electron chi connectivity index (χ4n) is 2.03. The van der Waals surface area contributed by atoms with Gasteiger partial charge in [-0.2, -0.15) is 0 Å². The first kappa shape index (κ1) is 14.7. The Balaban J connectivity index is 1.80. The van der Waals surface area contributed by atoms with E-state index in [1.165, 1.54) is 5.56 Å². The van der Waals surface area contributed by atoms with Crippen LogP contribution in [-0.4, -0.2) is 33.9 Å². The number of amides is 1. The molecule has 20 heavy (non-hydrogen) atoms. The number of carbonyl (C=O) groups is 1. The Labute approximate surface area is 123 Å². The van der Waals surface area contributed by atoms with Crippen molar-refractivity contribution in [3.63, 3.8) is 0 Å². The van der Waals surface area contributed by atoms with Gasteiger partial charge in [0.05, 0.1) is 11.2 Å². The Morgan fingerprint density at radius 3 is 2.75 bits per heavy atom. The molecule has 0 saturated carbocycles. The molecule has 0 aliphatic rings. The van der Waals surface area contributed by atoms with Crippen molar-refractivity contribution in [1.29, 1.82) is 0 Å². The van der Waals surface area contributed by atoms with Gasteiger partial charge in [-0.3, -0.25) is 9.78 Å². The van der Waals surface area contributed by atoms with Crippen molar-refractivity contribution in [2.45, 2.75) is 26.2 Å². The highest BCUT2D eigenvalue weighted by Crippen LogP contribution is 2.07. The number of aryl methyl sites for hydroxylation is 1. The number of likely N-dealkylation sites (N-methyl/N-ethyl adjacent to an activating group) is 1. The molecule has 0 atom stereocenters. The van der Waals surface area contributed by atoms with Gasteiger partial charge in [0.2, 0.25) is 5.91 Å². The largest absolute Gasteiger partial charge is 0.343 e. The fourth-order valence-corrected chi connectivity index (χ4v) is 2.62. The molecule has 0 unspecified atom stereocenters. The first-order valence-electron chi connectivity index (χ1n) is 6.83. The van der Waals surface area contributed by atoms with E-state index in [4.69, 9.17) is 0 Å². The molecule has 0 radical (unpaired) electrons. The molecule has 0 N–H and O–H groups in total. The molecule has 106 valence electrons. The maximum Gasteiger partial charge on any atom is 0.222 e. The molecule has 2 aromatic heterocycles. The van der Waals surface area contributed by atoms with E-state index >= 15 is 0 Å². The molecule has 0 bridgehead atoms. The van der Waals surface area contributed by atoms with Crippen molar-refractivity contribution in [2.75, 3.05) is 13.1 Å². The van der Waals surface area contributed by atoms with Crippen LogP contribution < -0.4 is 0 Å². The van der Waals surface area contributed by atoms with Crippen LogP contribution in [-0.2, 0) is 17.6 Å². The van der Waals surface area contributed by atoms with Gasteiger partial charge in [0.25, 0.3) is 0 Å². The number of hydrogen-bond acceptors (Lipinski definition) is 4. The van der Waals surface area contributed by atoms with Gasteiger partial charge in [-0.05, 0) is 37.5 Å². The van der Waals surface area contributed by atoms with Crippen LogP contribution in [0.5, 0.6) is 0 Å². The Bertz CT molecular complexity index is 513. The van der Waals surface area contributed by atoms with Crippen molar-refractivity contribution in [2.24, 2.45) is 0 Å². The number of aromatic nitrogens is 2. The quantitative estimate of drug-likeness (QED) is 0.787. The Morgan fingerprint density at radius 1 is 1.30 bits per heavy atom. The molecule has 0 saturated heterocycles. The van der Waals surface area contributed by atoms with E-state index in [2.05, 4.69) is 9.97 Å². The van der Waals surface area contributed by atoms with Crippen LogP contribution in [0.25, 0.3) is 0 Å². The van der Waals surface area contributed by atoms with Gasteiger partial charge in [0, 0.05) is 37.3 Å². The van der Waals surface area contributed by atoms with Gasteiger partial charge < -0.3 is 4.90 Å². The SMILES string of the molecule is CCN(CCc1ccncc1)C(=O)CCc1cscn1. The molecule has 2 aromatic rings. The highest BCUT2D eigenvalue weighted by molar-refractivity contribution is 7.07. The lowest BCUT2D eigenvalue weighted by Crippen LogP contribution is -2.32. The molecule has 2 heterocycles. The maximum atomic E-state index is 12.2. The van der Waals surface area contributed by atoms with E-state index in [-0.39, 0.29) is 5.91 Å². The minimum Gasteiger partial charge on any atom is -0.343 e. The number of hydrogen-bond donors (Lipinski definition) is 0. The van der Waals surface area contributed by atoms with E-state index in [0.717, 1.165) is 31.6 Å². The van der Waals surface area contributed by atoms with E-state index in [1.54, 1.807) is 29.2 Å². The monoisotopic (exact) mass is 289 g/mol. The topological polar surface area (TPSA) is 46.1 Å². The fraction of sp³-hybridized carbons (Fsp3) is 0.400. The number of rotatable bonds is 7. The van der Waals surface area contributed by atoms with Gasteiger partial charge in [-0.25, -0.2) is 4.98 Å². The highest BCUT2D eigenvalue weighted by Gasteiger charge is 2.12. The Kier molecular flexibility index (Phi) is 5.68. The maximum absolute atomic E-state index is 12.2. The highest BCUT2D eigenvalue weighted by atomic mass is 32.1. The molecule has 1 amide bonds. The van der Waals surface area contributed by atoms with E-state index in [9.17, 15) is 4.79 Å². The predicted octanol–water partition coefficient (Wildman–Crippen LogP) is 2.56. The molecular formula is C15H19N3OS. The first-order chi connectivity index (χ1) is 9.79. The summed E-state index contributed by atoms with van der Waals surface area (Å²) in [5.41, 5.74) is 4.03. The van der Waals surface area contributed by atoms with Gasteiger partial charge >= 0.3 is 0 Å². The van der Waals surface area contributed by atoms with Crippen LogP contribution in [0.3, 0.4) is 0 Å². The summed E-state index contributed by atoms with van der Waals surface area (Å²) in [6.07, 6.45) is 5.71. The number of pyridine rings is 1. The molecule has 2 rings (SSSR count). The second-order valence-corrected chi connectivity index (χ2v) is 5.28. The van der Waals surface area contributed by atoms with Crippen molar-refractivity contribution < 1.29 is 4.79 Å². The van der Waals surface area contributed by atoms with Crippen molar-refractivity contribution >= 4 is 17.2 Å². The zero-order valence-corrected chi connectivity index (χ0v) is 12.5. The average molecular weight is 289 g/mol. The van der Waals surface area contributed by atoms with Gasteiger partial charge in [0.15, 0.2) is 0 Å². The summed E-state index contributed by atoms with van der Waals surface area (Å²) < 4.78 is 0. The second-order valence-electron chi connectivity index (χ2n) is 4.56. The summed E-state index contributed by atoms with van der Waals surface area (Å²) >= 11 is 1.57. The number of thiazole rings is 1.